The van der Waals surface area contributed by atoms with Crippen molar-refractivity contribution < 1.29 is 20.1 Å². The Bertz CT molecular complexity index is 50.5. The van der Waals surface area contributed by atoms with Crippen LogP contribution in [0.1, 0.15) is 6.92 Å². The van der Waals surface area contributed by atoms with Crippen molar-refractivity contribution in [1.29, 1.82) is 0 Å². The molecule has 0 saturated carbocycles. The number of carboxylic acid groups (broad SMARTS) is 1. The predicted octanol–water partition coefficient (Wildman–Crippen LogP) is -1.59. The van der Waals surface area contributed by atoms with Gasteiger partial charge >= 0.3 is 18.9 Å². The fraction of sp³-hybridized carbons (Fsp3) is 0.750. The summed E-state index contributed by atoms with van der Waals surface area (Å²) in [6, 6.07) is 0. The molecule has 0 rings (SSSR count). The first-order valence-corrected chi connectivity index (χ1v) is 2.06. The van der Waals surface area contributed by atoms with Crippen molar-refractivity contribution in [2.24, 2.45) is 0 Å². The van der Waals surface area contributed by atoms with Crippen LogP contribution in [0.2, 0.25) is 0 Å². The Hall–Kier alpha value is -0.0126. The number of hydrogen-bond acceptors (Lipinski definition) is 3. The van der Waals surface area contributed by atoms with Gasteiger partial charge in [0.15, 0.2) is 0 Å². The third-order valence-electron chi connectivity index (χ3n) is 0.1000. The SMILES string of the molecule is CC(=O)O.OCCO.[LiH]. The first-order valence-electron chi connectivity index (χ1n) is 2.06. The van der Waals surface area contributed by atoms with Gasteiger partial charge in [-0.2, -0.15) is 0 Å². The average molecular weight is 130 g/mol. The van der Waals surface area contributed by atoms with E-state index in [1.807, 2.05) is 0 Å². The molecule has 0 aliphatic carbocycles. The normalized spacial score (nSPS) is 6.11. The van der Waals surface area contributed by atoms with Crippen molar-refractivity contribution in [2.75, 3.05) is 13.2 Å². The Morgan fingerprint density at radius 3 is 1.44 bits per heavy atom. The number of rotatable bonds is 1. The van der Waals surface area contributed by atoms with Gasteiger partial charge in [0.25, 0.3) is 5.97 Å². The van der Waals surface area contributed by atoms with Gasteiger partial charge in [0, 0.05) is 6.92 Å². The second-order valence-electron chi connectivity index (χ2n) is 0.966. The van der Waals surface area contributed by atoms with Gasteiger partial charge in [-0.15, -0.1) is 0 Å². The summed E-state index contributed by atoms with van der Waals surface area (Å²) >= 11 is 0. The third-order valence-corrected chi connectivity index (χ3v) is 0.1000. The maximum absolute atomic E-state index is 9.00. The van der Waals surface area contributed by atoms with E-state index in [9.17, 15) is 0 Å². The van der Waals surface area contributed by atoms with Gasteiger partial charge in [-0.3, -0.25) is 4.79 Å². The van der Waals surface area contributed by atoms with Crippen molar-refractivity contribution >= 4 is 24.8 Å². The summed E-state index contributed by atoms with van der Waals surface area (Å²) in [7, 11) is 0. The summed E-state index contributed by atoms with van der Waals surface area (Å²) in [5, 5.41) is 22.7. The van der Waals surface area contributed by atoms with Crippen molar-refractivity contribution in [3.05, 3.63) is 0 Å². The van der Waals surface area contributed by atoms with Crippen molar-refractivity contribution in [1.82, 2.24) is 0 Å². The quantitative estimate of drug-likeness (QED) is 0.374. The summed E-state index contributed by atoms with van der Waals surface area (Å²) in [4.78, 5) is 9.00. The van der Waals surface area contributed by atoms with Gasteiger partial charge in [-0.25, -0.2) is 0 Å². The standard InChI is InChI=1S/C2H4O2.C2H6O2.Li.H/c1-2(3)4;3-1-2-4;;/h1H3,(H,3,4);3-4H,1-2H2;;. The zero-order valence-corrected chi connectivity index (χ0v) is 4.66. The van der Waals surface area contributed by atoms with Crippen molar-refractivity contribution in [3.63, 3.8) is 0 Å². The van der Waals surface area contributed by atoms with Gasteiger partial charge < -0.3 is 15.3 Å². The van der Waals surface area contributed by atoms with Crippen LogP contribution in [0, 0.1) is 0 Å². The van der Waals surface area contributed by atoms with Gasteiger partial charge in [0.1, 0.15) is 0 Å². The Morgan fingerprint density at radius 1 is 1.33 bits per heavy atom. The zero-order chi connectivity index (χ0) is 6.99. The van der Waals surface area contributed by atoms with Crippen LogP contribution in [0.3, 0.4) is 0 Å². The van der Waals surface area contributed by atoms with Gasteiger partial charge in [-0.05, 0) is 0 Å². The number of aliphatic carboxylic acids is 1. The van der Waals surface area contributed by atoms with Crippen LogP contribution in [-0.4, -0.2) is 53.4 Å². The Balaban J connectivity index is -0.0000000720. The Kier molecular flexibility index (Phi) is 27.9. The molecule has 0 spiro atoms. The average Bonchev–Trinajstić information content (AvgIpc) is 1.65. The molecule has 0 aromatic rings. The van der Waals surface area contributed by atoms with Crippen LogP contribution >= 0.6 is 0 Å². The molecule has 0 aromatic carbocycles. The molecule has 0 heterocycles. The monoisotopic (exact) mass is 130 g/mol. The molecule has 0 saturated heterocycles. The van der Waals surface area contributed by atoms with E-state index in [1.165, 1.54) is 0 Å². The van der Waals surface area contributed by atoms with E-state index in [2.05, 4.69) is 0 Å². The molecule has 9 heavy (non-hydrogen) atoms. The number of aliphatic hydroxyl groups is 2. The molecule has 0 radical (unpaired) electrons. The molecule has 0 atom stereocenters. The van der Waals surface area contributed by atoms with Gasteiger partial charge in [0.2, 0.25) is 0 Å². The fourth-order valence-electron chi connectivity index (χ4n) is 0. The van der Waals surface area contributed by atoms with Gasteiger partial charge in [-0.1, -0.05) is 0 Å². The van der Waals surface area contributed by atoms with E-state index in [0.717, 1.165) is 6.92 Å². The zero-order valence-electron chi connectivity index (χ0n) is 4.66. The third kappa shape index (κ3) is 294. The summed E-state index contributed by atoms with van der Waals surface area (Å²) in [5.74, 6) is -0.833. The molecule has 0 aliphatic heterocycles. The minimum atomic E-state index is -0.833. The van der Waals surface area contributed by atoms with Crippen LogP contribution in [0.15, 0.2) is 0 Å². The molecule has 0 fully saturated rings. The number of carbonyl (C=O) groups is 1. The Morgan fingerprint density at radius 2 is 1.44 bits per heavy atom. The predicted molar refractivity (Wildman–Crippen MR) is 34.6 cm³/mol. The van der Waals surface area contributed by atoms with Crippen LogP contribution in [0.5, 0.6) is 0 Å². The maximum atomic E-state index is 9.00. The molecular weight excluding hydrogens is 119 g/mol. The number of hydrogen-bond donors (Lipinski definition) is 3. The first kappa shape index (κ1) is 16.0. The van der Waals surface area contributed by atoms with E-state index in [-0.39, 0.29) is 32.1 Å². The van der Waals surface area contributed by atoms with E-state index >= 15 is 0 Å². The van der Waals surface area contributed by atoms with E-state index < -0.39 is 5.97 Å². The molecule has 0 unspecified atom stereocenters. The second-order valence-corrected chi connectivity index (χ2v) is 0.966. The number of carboxylic acids is 1. The minimum absolute atomic E-state index is 0. The van der Waals surface area contributed by atoms with Crippen LogP contribution in [0.4, 0.5) is 0 Å². The molecule has 3 N–H and O–H groups in total. The summed E-state index contributed by atoms with van der Waals surface area (Å²) in [6.45, 7) is 0.833. The van der Waals surface area contributed by atoms with Crippen LogP contribution < -0.4 is 0 Å². The molecule has 52 valence electrons. The number of aliphatic hydroxyl groups excluding tert-OH is 2. The second kappa shape index (κ2) is 15.7. The topological polar surface area (TPSA) is 77.8 Å². The Labute approximate surface area is 65.7 Å². The van der Waals surface area contributed by atoms with E-state index in [1.54, 1.807) is 0 Å². The van der Waals surface area contributed by atoms with Crippen LogP contribution in [0.25, 0.3) is 0 Å². The van der Waals surface area contributed by atoms with Crippen molar-refractivity contribution in [2.45, 2.75) is 6.92 Å². The van der Waals surface area contributed by atoms with Gasteiger partial charge in [0.05, 0.1) is 13.2 Å². The summed E-state index contributed by atoms with van der Waals surface area (Å²) in [5.41, 5.74) is 0. The van der Waals surface area contributed by atoms with E-state index in [0.29, 0.717) is 0 Å². The summed E-state index contributed by atoms with van der Waals surface area (Å²) in [6.07, 6.45) is 0. The first-order chi connectivity index (χ1) is 3.65. The molecule has 0 aliphatic rings. The molecule has 5 heteroatoms. The van der Waals surface area contributed by atoms with Crippen molar-refractivity contribution in [3.8, 4) is 0 Å². The molecule has 4 nitrogen and oxygen atoms in total. The molecule has 0 bridgehead atoms. The fourth-order valence-corrected chi connectivity index (χ4v) is 0. The molecule has 0 aromatic heterocycles. The summed E-state index contributed by atoms with van der Waals surface area (Å²) < 4.78 is 0. The molecule has 0 amide bonds. The van der Waals surface area contributed by atoms with Crippen LogP contribution in [-0.2, 0) is 4.79 Å². The van der Waals surface area contributed by atoms with E-state index in [4.69, 9.17) is 20.1 Å². The molecular formula is C4H11LiO4.